The summed E-state index contributed by atoms with van der Waals surface area (Å²) in [7, 11) is -2.52. The van der Waals surface area contributed by atoms with Crippen LogP contribution in [0.3, 0.4) is 0 Å². The van der Waals surface area contributed by atoms with Crippen LogP contribution in [0.25, 0.3) is 0 Å². The number of unbranched alkanes of at least 4 members (excludes halogenated alkanes) is 4. The molecule has 160 valence electrons. The second-order valence-corrected chi connectivity index (χ2v) is 10.2. The molecule has 0 aliphatic heterocycles. The van der Waals surface area contributed by atoms with Crippen molar-refractivity contribution < 1.29 is 25.8 Å². The number of hydrogen-bond donors (Lipinski definition) is 0. The first kappa shape index (κ1) is 24.3. The van der Waals surface area contributed by atoms with E-state index in [2.05, 4.69) is 43.3 Å². The molecule has 0 heterocycles. The number of benzene rings is 3. The molecule has 3 aromatic rings. The molecule has 0 aliphatic rings. The summed E-state index contributed by atoms with van der Waals surface area (Å²) in [6, 6.07) is 30.7. The van der Waals surface area contributed by atoms with Crippen LogP contribution in [-0.2, 0) is 25.8 Å². The first-order chi connectivity index (χ1) is 14.3. The molecule has 0 aromatic heterocycles. The normalized spacial score (nSPS) is 10.8. The second kappa shape index (κ2) is 12.7. The molecule has 0 saturated carbocycles. The summed E-state index contributed by atoms with van der Waals surface area (Å²) < 4.78 is 6.48. The van der Waals surface area contributed by atoms with Crippen LogP contribution in [0.4, 0.5) is 0 Å². The minimum atomic E-state index is -2.52. The van der Waals surface area contributed by atoms with Crippen molar-refractivity contribution in [2.24, 2.45) is 0 Å². The van der Waals surface area contributed by atoms with Gasteiger partial charge in [-0.25, -0.2) is 4.79 Å². The van der Waals surface area contributed by atoms with Gasteiger partial charge in [0.15, 0.2) is 0 Å². The molecule has 30 heavy (non-hydrogen) atoms. The van der Waals surface area contributed by atoms with Crippen molar-refractivity contribution in [3.05, 3.63) is 91.0 Å². The summed E-state index contributed by atoms with van der Waals surface area (Å²) in [6.07, 6.45) is 6.05. The van der Waals surface area contributed by atoms with E-state index < -0.39 is 7.49 Å². The van der Waals surface area contributed by atoms with Crippen molar-refractivity contribution in [1.29, 1.82) is 0 Å². The van der Waals surface area contributed by atoms with E-state index in [1.807, 2.05) is 54.6 Å². The van der Waals surface area contributed by atoms with Crippen LogP contribution in [-0.4, -0.2) is 5.97 Å². The molecule has 0 saturated heterocycles. The monoisotopic (exact) mass is 463 g/mol. The quantitative estimate of drug-likeness (QED) is 0.216. The van der Waals surface area contributed by atoms with Crippen LogP contribution in [0.15, 0.2) is 91.0 Å². The number of hydrogen-bond acceptors (Lipinski definition) is 2. The Bertz CT molecular complexity index is 773. The van der Waals surface area contributed by atoms with Gasteiger partial charge in [-0.1, -0.05) is 87.2 Å². The number of rotatable bonds is 10. The predicted octanol–water partition coefficient (Wildman–Crippen LogP) is 5.80. The molecule has 3 aromatic carbocycles. The first-order valence-corrected chi connectivity index (χ1v) is 12.3. The summed E-state index contributed by atoms with van der Waals surface area (Å²) in [5, 5.41) is 3.20. The smallest absolute Gasteiger partial charge is 0.297 e. The Balaban J connectivity index is 0.00000320. The fourth-order valence-corrected chi connectivity index (χ4v) is 6.97. The van der Waals surface area contributed by atoms with Crippen molar-refractivity contribution in [3.8, 4) is 0 Å². The van der Waals surface area contributed by atoms with Crippen LogP contribution < -0.4 is 15.9 Å². The molecule has 0 aliphatic carbocycles. The summed E-state index contributed by atoms with van der Waals surface area (Å²) in [4.78, 5) is 13.0. The van der Waals surface area contributed by atoms with E-state index in [1.54, 1.807) is 0 Å². The van der Waals surface area contributed by atoms with Gasteiger partial charge in [0.25, 0.3) is 7.49 Å². The summed E-state index contributed by atoms with van der Waals surface area (Å²) in [6.45, 7) is 2.20. The molecular weight excluding hydrogens is 434 g/mol. The van der Waals surface area contributed by atoms with E-state index in [0.717, 1.165) is 28.8 Å². The molecular formula is C26H30NiO2P+. The average molecular weight is 464 g/mol. The van der Waals surface area contributed by atoms with Gasteiger partial charge >= 0.3 is 5.97 Å². The summed E-state index contributed by atoms with van der Waals surface area (Å²) >= 11 is 0. The zero-order chi connectivity index (χ0) is 20.4. The fraction of sp³-hybridized carbons (Fsp3) is 0.269. The third kappa shape index (κ3) is 6.04. The van der Waals surface area contributed by atoms with Gasteiger partial charge < -0.3 is 0 Å². The zero-order valence-corrected chi connectivity index (χ0v) is 19.4. The third-order valence-corrected chi connectivity index (χ3v) is 8.64. The third-order valence-electron chi connectivity index (χ3n) is 5.08. The van der Waals surface area contributed by atoms with E-state index in [0.29, 0.717) is 6.42 Å². The largest absolute Gasteiger partial charge is 0.351 e. The molecule has 2 nitrogen and oxygen atoms in total. The Labute approximate surface area is 191 Å². The molecule has 0 unspecified atom stereocenters. The van der Waals surface area contributed by atoms with Crippen molar-refractivity contribution in [3.63, 3.8) is 0 Å². The Morgan fingerprint density at radius 2 is 1.07 bits per heavy atom. The van der Waals surface area contributed by atoms with Crippen LogP contribution >= 0.6 is 7.49 Å². The van der Waals surface area contributed by atoms with Crippen molar-refractivity contribution >= 4 is 29.4 Å². The van der Waals surface area contributed by atoms with Crippen molar-refractivity contribution in [2.75, 3.05) is 0 Å². The van der Waals surface area contributed by atoms with E-state index in [1.165, 1.54) is 19.3 Å². The molecule has 3 rings (SSSR count). The Morgan fingerprint density at radius 1 is 0.667 bits per heavy atom. The van der Waals surface area contributed by atoms with E-state index in [4.69, 9.17) is 4.52 Å². The van der Waals surface area contributed by atoms with Gasteiger partial charge in [-0.05, 0) is 42.8 Å². The van der Waals surface area contributed by atoms with Gasteiger partial charge in [0.05, 0.1) is 6.42 Å². The molecule has 0 fully saturated rings. The summed E-state index contributed by atoms with van der Waals surface area (Å²) in [5.74, 6) is -0.105. The summed E-state index contributed by atoms with van der Waals surface area (Å²) in [5.41, 5.74) is 0. The molecule has 0 amide bonds. The SMILES string of the molecule is CCCCCCCC(=O)O[P+](c1ccccc1)(c1ccccc1)c1ccccc1.[Ni]. The van der Waals surface area contributed by atoms with Gasteiger partial charge in [0.2, 0.25) is 0 Å². The minimum absolute atomic E-state index is 0. The fourth-order valence-electron chi connectivity index (χ4n) is 3.59. The van der Waals surface area contributed by atoms with E-state index in [9.17, 15) is 4.79 Å². The molecule has 0 spiro atoms. The first-order valence-electron chi connectivity index (χ1n) is 10.6. The maximum Gasteiger partial charge on any atom is 0.351 e. The van der Waals surface area contributed by atoms with Crippen LogP contribution in [0.1, 0.15) is 45.4 Å². The number of carbonyl (C=O) groups excluding carboxylic acids is 1. The van der Waals surface area contributed by atoms with Gasteiger partial charge in [-0.15, -0.1) is 0 Å². The molecule has 0 N–H and O–H groups in total. The Hall–Kier alpha value is -1.95. The van der Waals surface area contributed by atoms with Crippen LogP contribution in [0.2, 0.25) is 0 Å². The topological polar surface area (TPSA) is 26.3 Å². The van der Waals surface area contributed by atoms with Gasteiger partial charge in [0, 0.05) is 16.5 Å². The van der Waals surface area contributed by atoms with Gasteiger partial charge in [0.1, 0.15) is 15.9 Å². The zero-order valence-electron chi connectivity index (χ0n) is 17.5. The Morgan fingerprint density at radius 3 is 1.47 bits per heavy atom. The van der Waals surface area contributed by atoms with Gasteiger partial charge in [-0.2, -0.15) is 0 Å². The predicted molar refractivity (Wildman–Crippen MR) is 125 cm³/mol. The molecule has 4 heteroatoms. The molecule has 0 atom stereocenters. The average Bonchev–Trinajstić information content (AvgIpc) is 2.79. The van der Waals surface area contributed by atoms with Crippen molar-refractivity contribution in [1.82, 2.24) is 0 Å². The minimum Gasteiger partial charge on any atom is -0.297 e. The van der Waals surface area contributed by atoms with Crippen LogP contribution in [0, 0.1) is 0 Å². The van der Waals surface area contributed by atoms with E-state index >= 15 is 0 Å². The van der Waals surface area contributed by atoms with E-state index in [-0.39, 0.29) is 22.5 Å². The second-order valence-electron chi connectivity index (χ2n) is 7.24. The van der Waals surface area contributed by atoms with Gasteiger partial charge in [-0.3, -0.25) is 4.52 Å². The maximum atomic E-state index is 13.0. The number of carbonyl (C=O) groups is 1. The Kier molecular flexibility index (Phi) is 10.3. The van der Waals surface area contributed by atoms with Crippen molar-refractivity contribution in [2.45, 2.75) is 45.4 Å². The molecule has 0 bridgehead atoms. The molecule has 0 radical (unpaired) electrons. The standard InChI is InChI=1S/C26H30O2P.Ni/c1-2-3-4-5-15-22-26(27)28-29(23-16-9-6-10-17-23,24-18-11-7-12-19-24)25-20-13-8-14-21-25;/h6-14,16-21H,2-5,15,22H2,1H3;/q+1;. The van der Waals surface area contributed by atoms with Crippen LogP contribution in [0.5, 0.6) is 0 Å². The maximum absolute atomic E-state index is 13.0.